The minimum absolute atomic E-state index is 0.0132. The molecule has 4 aromatic rings. The molecule has 0 amide bonds. The van der Waals surface area contributed by atoms with E-state index in [9.17, 15) is 13.6 Å². The number of rotatable bonds is 4. The number of alkyl halides is 2. The monoisotopic (exact) mass is 487 g/mol. The van der Waals surface area contributed by atoms with Gasteiger partial charge in [-0.25, -0.2) is 8.78 Å². The predicted octanol–water partition coefficient (Wildman–Crippen LogP) is 7.36. The Morgan fingerprint density at radius 3 is 2.44 bits per heavy atom. The molecule has 0 N–H and O–H groups in total. The summed E-state index contributed by atoms with van der Waals surface area (Å²) < 4.78 is 30.5. The molecule has 2 aromatic carbocycles. The van der Waals surface area contributed by atoms with E-state index >= 15 is 0 Å². The molecule has 2 aromatic heterocycles. The van der Waals surface area contributed by atoms with E-state index < -0.39 is 6.43 Å². The molecule has 1 aliphatic heterocycles. The van der Waals surface area contributed by atoms with Crippen LogP contribution in [-0.4, -0.2) is 16.1 Å². The van der Waals surface area contributed by atoms with Crippen LogP contribution in [0.15, 0.2) is 53.5 Å². The highest BCUT2D eigenvalue weighted by Crippen LogP contribution is 2.43. The van der Waals surface area contributed by atoms with Crippen molar-refractivity contribution in [2.75, 3.05) is 11.4 Å². The van der Waals surface area contributed by atoms with Gasteiger partial charge in [0, 0.05) is 53.2 Å². The summed E-state index contributed by atoms with van der Waals surface area (Å²) >= 11 is 0. The molecule has 0 saturated carbocycles. The summed E-state index contributed by atoms with van der Waals surface area (Å²) in [5, 5.41) is 0.956. The lowest BCUT2D eigenvalue weighted by molar-refractivity contribution is 0.152. The second-order valence-corrected chi connectivity index (χ2v) is 10.1. The Labute approximate surface area is 210 Å². The second-order valence-electron chi connectivity index (χ2n) is 10.1. The fourth-order valence-corrected chi connectivity index (χ4v) is 5.24. The molecule has 0 atom stereocenters. The van der Waals surface area contributed by atoms with Gasteiger partial charge in [0.1, 0.15) is 0 Å². The molecule has 0 unspecified atom stereocenters. The van der Waals surface area contributed by atoms with Crippen LogP contribution >= 0.6 is 0 Å². The summed E-state index contributed by atoms with van der Waals surface area (Å²) in [6.45, 7) is 8.68. The van der Waals surface area contributed by atoms with Gasteiger partial charge >= 0.3 is 0 Å². The van der Waals surface area contributed by atoms with Gasteiger partial charge in [-0.15, -0.1) is 0 Å². The van der Waals surface area contributed by atoms with E-state index in [1.165, 1.54) is 0 Å². The van der Waals surface area contributed by atoms with Gasteiger partial charge in [0.15, 0.2) is 0 Å². The van der Waals surface area contributed by atoms with Crippen molar-refractivity contribution < 1.29 is 8.78 Å². The number of benzene rings is 2. The SMILES string of the molecule is Cc1ccc(-c2cc3c(cc2C(F)F)N(c2cc(C(C)C)cc4c2cc(C)c(=O)n4C)CCC3)cn1. The quantitative estimate of drug-likeness (QED) is 0.302. The average Bonchev–Trinajstić information content (AvgIpc) is 2.86. The average molecular weight is 488 g/mol. The highest BCUT2D eigenvalue weighted by molar-refractivity contribution is 5.96. The maximum atomic E-state index is 14.4. The fraction of sp³-hybridized carbons (Fsp3) is 0.333. The lowest BCUT2D eigenvalue weighted by Crippen LogP contribution is -2.26. The maximum absolute atomic E-state index is 14.4. The maximum Gasteiger partial charge on any atom is 0.264 e. The summed E-state index contributed by atoms with van der Waals surface area (Å²) in [7, 11) is 1.80. The van der Waals surface area contributed by atoms with E-state index in [0.29, 0.717) is 16.7 Å². The molecule has 0 radical (unpaired) electrons. The van der Waals surface area contributed by atoms with Gasteiger partial charge in [0.05, 0.1) is 11.2 Å². The van der Waals surface area contributed by atoms with Gasteiger partial charge in [0.2, 0.25) is 0 Å². The Kier molecular flexibility index (Phi) is 6.15. The van der Waals surface area contributed by atoms with Gasteiger partial charge in [-0.2, -0.15) is 0 Å². The van der Waals surface area contributed by atoms with Crippen molar-refractivity contribution in [1.29, 1.82) is 0 Å². The van der Waals surface area contributed by atoms with Crippen LogP contribution in [-0.2, 0) is 13.5 Å². The molecule has 36 heavy (non-hydrogen) atoms. The summed E-state index contributed by atoms with van der Waals surface area (Å²) in [6.07, 6.45) is 0.787. The van der Waals surface area contributed by atoms with Crippen LogP contribution in [0.1, 0.15) is 60.6 Å². The number of aryl methyl sites for hydroxylation is 4. The molecule has 1 aliphatic rings. The van der Waals surface area contributed by atoms with Crippen LogP contribution in [0, 0.1) is 13.8 Å². The zero-order valence-electron chi connectivity index (χ0n) is 21.4. The summed E-state index contributed by atoms with van der Waals surface area (Å²) in [5.74, 6) is 0.252. The molecule has 0 fully saturated rings. The van der Waals surface area contributed by atoms with E-state index in [2.05, 4.69) is 35.9 Å². The minimum Gasteiger partial charge on any atom is -0.341 e. The standard InChI is InChI=1S/C30H31F2N3O/c1-17(2)22-13-27-25(11-18(3)30(36)34(27)5)28(14-22)35-10-6-7-20-12-23(21-9-8-19(4)33-16-21)24(29(31)32)15-26(20)35/h8-9,11-17,29H,6-7,10H2,1-5H3. The first-order chi connectivity index (χ1) is 17.2. The zero-order chi connectivity index (χ0) is 25.7. The predicted molar refractivity (Wildman–Crippen MR) is 143 cm³/mol. The van der Waals surface area contributed by atoms with Gasteiger partial charge in [-0.3, -0.25) is 9.78 Å². The van der Waals surface area contributed by atoms with E-state index in [-0.39, 0.29) is 17.0 Å². The van der Waals surface area contributed by atoms with Crippen molar-refractivity contribution in [1.82, 2.24) is 9.55 Å². The Morgan fingerprint density at radius 2 is 1.78 bits per heavy atom. The highest BCUT2D eigenvalue weighted by atomic mass is 19.3. The molecule has 6 heteroatoms. The van der Waals surface area contributed by atoms with Crippen molar-refractivity contribution in [3.63, 3.8) is 0 Å². The number of pyridine rings is 2. The molecule has 0 spiro atoms. The number of fused-ring (bicyclic) bond motifs is 2. The third kappa shape index (κ3) is 4.08. The van der Waals surface area contributed by atoms with Crippen LogP contribution in [0.2, 0.25) is 0 Å². The second kappa shape index (κ2) is 9.16. The van der Waals surface area contributed by atoms with Crippen LogP contribution < -0.4 is 10.5 Å². The number of aromatic nitrogens is 2. The molecule has 0 aliphatic carbocycles. The van der Waals surface area contributed by atoms with Crippen molar-refractivity contribution in [2.24, 2.45) is 7.05 Å². The fourth-order valence-electron chi connectivity index (χ4n) is 5.24. The molecule has 5 rings (SSSR count). The summed E-state index contributed by atoms with van der Waals surface area (Å²) in [6, 6.07) is 13.5. The third-order valence-electron chi connectivity index (χ3n) is 7.31. The molecule has 3 heterocycles. The van der Waals surface area contributed by atoms with Crippen LogP contribution in [0.3, 0.4) is 0 Å². The molecule has 186 valence electrons. The van der Waals surface area contributed by atoms with Crippen molar-refractivity contribution in [3.05, 3.63) is 87.0 Å². The van der Waals surface area contributed by atoms with Crippen molar-refractivity contribution >= 4 is 22.3 Å². The largest absolute Gasteiger partial charge is 0.341 e. The zero-order valence-corrected chi connectivity index (χ0v) is 21.4. The van der Waals surface area contributed by atoms with Crippen molar-refractivity contribution in [3.8, 4) is 11.1 Å². The Hall–Kier alpha value is -3.54. The Bertz CT molecular complexity index is 1520. The van der Waals surface area contributed by atoms with Gasteiger partial charge in [-0.1, -0.05) is 19.9 Å². The van der Waals surface area contributed by atoms with Crippen LogP contribution in [0.25, 0.3) is 22.0 Å². The van der Waals surface area contributed by atoms with E-state index in [0.717, 1.165) is 58.5 Å². The molecular formula is C30H31F2N3O. The Morgan fingerprint density at radius 1 is 1.00 bits per heavy atom. The van der Waals surface area contributed by atoms with Crippen LogP contribution in [0.4, 0.5) is 20.2 Å². The van der Waals surface area contributed by atoms with Crippen LogP contribution in [0.5, 0.6) is 0 Å². The minimum atomic E-state index is -2.61. The van der Waals surface area contributed by atoms with Gasteiger partial charge < -0.3 is 9.47 Å². The number of nitrogens with zero attached hydrogens (tertiary/aromatic N) is 3. The smallest absolute Gasteiger partial charge is 0.264 e. The van der Waals surface area contributed by atoms with Gasteiger partial charge in [-0.05, 0) is 85.7 Å². The van der Waals surface area contributed by atoms with E-state index in [4.69, 9.17) is 0 Å². The first-order valence-corrected chi connectivity index (χ1v) is 12.5. The van der Waals surface area contributed by atoms with E-state index in [1.807, 2.05) is 38.1 Å². The summed E-state index contributed by atoms with van der Waals surface area (Å²) in [5.41, 5.74) is 7.53. The van der Waals surface area contributed by atoms with Gasteiger partial charge in [0.25, 0.3) is 12.0 Å². The lowest BCUT2D eigenvalue weighted by Gasteiger charge is -2.34. The normalized spacial score (nSPS) is 13.6. The highest BCUT2D eigenvalue weighted by Gasteiger charge is 2.26. The number of hydrogen-bond acceptors (Lipinski definition) is 3. The summed E-state index contributed by atoms with van der Waals surface area (Å²) in [4.78, 5) is 19.2. The lowest BCUT2D eigenvalue weighted by atomic mass is 9.91. The first-order valence-electron chi connectivity index (χ1n) is 12.5. The Balaban J connectivity index is 1.76. The molecular weight excluding hydrogens is 456 g/mol. The van der Waals surface area contributed by atoms with Crippen molar-refractivity contribution in [2.45, 2.75) is 52.9 Å². The topological polar surface area (TPSA) is 38.1 Å². The van der Waals surface area contributed by atoms with E-state index in [1.54, 1.807) is 23.9 Å². The molecule has 0 saturated heterocycles. The number of anilines is 2. The molecule has 0 bridgehead atoms. The first kappa shape index (κ1) is 24.2. The number of hydrogen-bond donors (Lipinski definition) is 0. The third-order valence-corrected chi connectivity index (χ3v) is 7.31. The molecule has 4 nitrogen and oxygen atoms in total. The number of halogens is 2.